The molecule has 1 aliphatic carbocycles. The number of hydrogen-bond donors (Lipinski definition) is 2. The standard InChI is InChI=1S/C17H23F2N3/c1-3-20-17(22-14-6-4-5-7-14)21-11-12(2)15-9-8-13(18)10-16(15)19/h4-5,8-10,12,14H,3,6-7,11H2,1-2H3,(H2,20,21,22). The largest absolute Gasteiger partial charge is 0.357 e. The number of hydrogen-bond acceptors (Lipinski definition) is 1. The van der Waals surface area contributed by atoms with E-state index < -0.39 is 11.6 Å². The van der Waals surface area contributed by atoms with Crippen LogP contribution in [-0.2, 0) is 0 Å². The van der Waals surface area contributed by atoms with Crippen LogP contribution in [0.3, 0.4) is 0 Å². The van der Waals surface area contributed by atoms with Gasteiger partial charge in [-0.2, -0.15) is 0 Å². The molecule has 0 aromatic heterocycles. The molecule has 3 nitrogen and oxygen atoms in total. The minimum atomic E-state index is -0.555. The first-order valence-corrected chi connectivity index (χ1v) is 7.75. The summed E-state index contributed by atoms with van der Waals surface area (Å²) in [5, 5.41) is 6.57. The fourth-order valence-electron chi connectivity index (χ4n) is 2.48. The Bertz CT molecular complexity index is 547. The van der Waals surface area contributed by atoms with Gasteiger partial charge in [0.1, 0.15) is 11.6 Å². The summed E-state index contributed by atoms with van der Waals surface area (Å²) >= 11 is 0. The summed E-state index contributed by atoms with van der Waals surface area (Å²) in [7, 11) is 0. The second kappa shape index (κ2) is 7.92. The molecule has 0 radical (unpaired) electrons. The van der Waals surface area contributed by atoms with Crippen LogP contribution < -0.4 is 10.6 Å². The van der Waals surface area contributed by atoms with Crippen LogP contribution in [0.1, 0.15) is 38.2 Å². The van der Waals surface area contributed by atoms with Crippen LogP contribution in [0.5, 0.6) is 0 Å². The second-order valence-electron chi connectivity index (χ2n) is 5.57. The van der Waals surface area contributed by atoms with Gasteiger partial charge >= 0.3 is 0 Å². The highest BCUT2D eigenvalue weighted by molar-refractivity contribution is 5.80. The Morgan fingerprint density at radius 1 is 1.32 bits per heavy atom. The Balaban J connectivity index is 1.99. The molecule has 1 aliphatic rings. The molecule has 0 heterocycles. The van der Waals surface area contributed by atoms with Crippen LogP contribution in [0.4, 0.5) is 8.78 Å². The molecular formula is C17H23F2N3. The molecule has 0 spiro atoms. The van der Waals surface area contributed by atoms with Gasteiger partial charge in [0.25, 0.3) is 0 Å². The third-order valence-corrected chi connectivity index (χ3v) is 3.71. The molecule has 1 atom stereocenters. The topological polar surface area (TPSA) is 36.4 Å². The van der Waals surface area contributed by atoms with E-state index in [0.29, 0.717) is 18.2 Å². The number of guanidine groups is 1. The molecule has 120 valence electrons. The third-order valence-electron chi connectivity index (χ3n) is 3.71. The van der Waals surface area contributed by atoms with Gasteiger partial charge in [-0.25, -0.2) is 8.78 Å². The molecular weight excluding hydrogens is 284 g/mol. The zero-order chi connectivity index (χ0) is 15.9. The molecule has 0 saturated heterocycles. The van der Waals surface area contributed by atoms with E-state index in [1.54, 1.807) is 0 Å². The van der Waals surface area contributed by atoms with Gasteiger partial charge < -0.3 is 10.6 Å². The molecule has 2 rings (SSSR count). The first-order chi connectivity index (χ1) is 10.6. The normalized spacial score (nSPS) is 16.8. The Kier molecular flexibility index (Phi) is 5.92. The van der Waals surface area contributed by atoms with Crippen molar-refractivity contribution in [2.45, 2.75) is 38.6 Å². The Morgan fingerprint density at radius 2 is 2.05 bits per heavy atom. The summed E-state index contributed by atoms with van der Waals surface area (Å²) in [5.41, 5.74) is 0.489. The van der Waals surface area contributed by atoms with Crippen LogP contribution in [0.15, 0.2) is 35.3 Å². The zero-order valence-electron chi connectivity index (χ0n) is 13.1. The summed E-state index contributed by atoms with van der Waals surface area (Å²) < 4.78 is 26.7. The summed E-state index contributed by atoms with van der Waals surface area (Å²) in [6, 6.07) is 4.07. The third kappa shape index (κ3) is 4.55. The van der Waals surface area contributed by atoms with Crippen molar-refractivity contribution in [2.24, 2.45) is 4.99 Å². The van der Waals surface area contributed by atoms with Crippen molar-refractivity contribution in [3.8, 4) is 0 Å². The van der Waals surface area contributed by atoms with E-state index in [-0.39, 0.29) is 5.92 Å². The molecule has 0 bridgehead atoms. The van der Waals surface area contributed by atoms with Gasteiger partial charge in [0.2, 0.25) is 0 Å². The number of aliphatic imine (C=N–C) groups is 1. The van der Waals surface area contributed by atoms with Gasteiger partial charge in [-0.05, 0) is 31.4 Å². The minimum absolute atomic E-state index is 0.113. The van der Waals surface area contributed by atoms with Crippen molar-refractivity contribution in [3.63, 3.8) is 0 Å². The number of nitrogens with one attached hydrogen (secondary N) is 2. The van der Waals surface area contributed by atoms with Crippen molar-refractivity contribution < 1.29 is 8.78 Å². The average Bonchev–Trinajstić information content (AvgIpc) is 2.97. The van der Waals surface area contributed by atoms with Gasteiger partial charge in [-0.1, -0.05) is 25.1 Å². The Labute approximate surface area is 130 Å². The SMILES string of the molecule is CCNC(=NCC(C)c1ccc(F)cc1F)NC1CC=CC1. The van der Waals surface area contributed by atoms with Gasteiger partial charge in [-0.3, -0.25) is 4.99 Å². The van der Waals surface area contributed by atoms with Gasteiger partial charge in [0.05, 0.1) is 0 Å². The number of halogens is 2. The first kappa shape index (κ1) is 16.5. The van der Waals surface area contributed by atoms with Crippen molar-refractivity contribution >= 4 is 5.96 Å². The molecule has 0 fully saturated rings. The maximum absolute atomic E-state index is 13.8. The van der Waals surface area contributed by atoms with Crippen LogP contribution in [0.2, 0.25) is 0 Å². The predicted molar refractivity (Wildman–Crippen MR) is 86.0 cm³/mol. The molecule has 0 aliphatic heterocycles. The van der Waals surface area contributed by atoms with E-state index >= 15 is 0 Å². The van der Waals surface area contributed by atoms with Crippen LogP contribution in [0.25, 0.3) is 0 Å². The predicted octanol–water partition coefficient (Wildman–Crippen LogP) is 3.34. The summed E-state index contributed by atoms with van der Waals surface area (Å²) in [4.78, 5) is 4.52. The molecule has 2 N–H and O–H groups in total. The first-order valence-electron chi connectivity index (χ1n) is 7.75. The van der Waals surface area contributed by atoms with Crippen LogP contribution in [0, 0.1) is 11.6 Å². The second-order valence-corrected chi connectivity index (χ2v) is 5.57. The van der Waals surface area contributed by atoms with E-state index in [4.69, 9.17) is 0 Å². The Hall–Kier alpha value is -1.91. The van der Waals surface area contributed by atoms with E-state index in [1.807, 2.05) is 13.8 Å². The number of rotatable bonds is 5. The van der Waals surface area contributed by atoms with E-state index in [0.717, 1.165) is 31.4 Å². The lowest BCUT2D eigenvalue weighted by Crippen LogP contribution is -2.42. The molecule has 22 heavy (non-hydrogen) atoms. The van der Waals surface area contributed by atoms with Gasteiger partial charge in [0, 0.05) is 31.1 Å². The van der Waals surface area contributed by atoms with E-state index in [2.05, 4.69) is 27.8 Å². The fourth-order valence-corrected chi connectivity index (χ4v) is 2.48. The lowest BCUT2D eigenvalue weighted by atomic mass is 10.0. The lowest BCUT2D eigenvalue weighted by molar-refractivity contribution is 0.559. The molecule has 1 unspecified atom stereocenters. The van der Waals surface area contributed by atoms with Crippen molar-refractivity contribution in [2.75, 3.05) is 13.1 Å². The van der Waals surface area contributed by atoms with Crippen LogP contribution in [-0.4, -0.2) is 25.1 Å². The smallest absolute Gasteiger partial charge is 0.191 e. The number of benzene rings is 1. The minimum Gasteiger partial charge on any atom is -0.357 e. The van der Waals surface area contributed by atoms with Crippen molar-refractivity contribution in [1.82, 2.24) is 10.6 Å². The lowest BCUT2D eigenvalue weighted by Gasteiger charge is -2.18. The molecule has 1 aromatic rings. The maximum atomic E-state index is 13.8. The molecule has 0 saturated carbocycles. The van der Waals surface area contributed by atoms with E-state index in [9.17, 15) is 8.78 Å². The Morgan fingerprint density at radius 3 is 2.68 bits per heavy atom. The average molecular weight is 307 g/mol. The fraction of sp³-hybridized carbons (Fsp3) is 0.471. The summed E-state index contributed by atoms with van der Waals surface area (Å²) in [6.07, 6.45) is 6.29. The van der Waals surface area contributed by atoms with Gasteiger partial charge in [0.15, 0.2) is 5.96 Å². The van der Waals surface area contributed by atoms with Gasteiger partial charge in [-0.15, -0.1) is 0 Å². The van der Waals surface area contributed by atoms with Crippen LogP contribution >= 0.6 is 0 Å². The number of nitrogens with zero attached hydrogens (tertiary/aromatic N) is 1. The molecule has 1 aromatic carbocycles. The zero-order valence-corrected chi connectivity index (χ0v) is 13.1. The monoisotopic (exact) mass is 307 g/mol. The quantitative estimate of drug-likeness (QED) is 0.497. The van der Waals surface area contributed by atoms with E-state index in [1.165, 1.54) is 12.1 Å². The van der Waals surface area contributed by atoms with Crippen molar-refractivity contribution in [1.29, 1.82) is 0 Å². The molecule has 0 amide bonds. The highest BCUT2D eigenvalue weighted by Gasteiger charge is 2.14. The maximum Gasteiger partial charge on any atom is 0.191 e. The highest BCUT2D eigenvalue weighted by Crippen LogP contribution is 2.20. The molecule has 5 heteroatoms. The van der Waals surface area contributed by atoms with Crippen molar-refractivity contribution in [3.05, 3.63) is 47.5 Å². The highest BCUT2D eigenvalue weighted by atomic mass is 19.1. The summed E-state index contributed by atoms with van der Waals surface area (Å²) in [5.74, 6) is -0.440. The summed E-state index contributed by atoms with van der Waals surface area (Å²) in [6.45, 7) is 5.11.